The second-order valence-electron chi connectivity index (χ2n) is 4.20. The van der Waals surface area contributed by atoms with Gasteiger partial charge in [0.05, 0.1) is 6.54 Å². The Morgan fingerprint density at radius 1 is 1.32 bits per heavy atom. The van der Waals surface area contributed by atoms with Crippen molar-refractivity contribution in [3.05, 3.63) is 34.3 Å². The van der Waals surface area contributed by atoms with Crippen molar-refractivity contribution in [2.75, 3.05) is 20.1 Å². The predicted octanol–water partition coefficient (Wildman–Crippen LogP) is 0.872. The predicted molar refractivity (Wildman–Crippen MR) is 77.3 cm³/mol. The lowest BCUT2D eigenvalue weighted by atomic mass is 10.2. The highest BCUT2D eigenvalue weighted by molar-refractivity contribution is 9.10. The minimum absolute atomic E-state index is 0.0569. The molecule has 3 N–H and O–H groups in total. The van der Waals surface area contributed by atoms with Gasteiger partial charge in [0.15, 0.2) is 0 Å². The molecule has 0 spiro atoms. The van der Waals surface area contributed by atoms with Crippen LogP contribution in [-0.2, 0) is 16.1 Å². The molecule has 0 unspecified atom stereocenters. The molecule has 5 nitrogen and oxygen atoms in total. The Labute approximate surface area is 121 Å². The normalized spacial score (nSPS) is 10.2. The fraction of sp³-hybridized carbons (Fsp3) is 0.385. The summed E-state index contributed by atoms with van der Waals surface area (Å²) >= 11 is 3.35. The van der Waals surface area contributed by atoms with Crippen LogP contribution in [0.25, 0.3) is 0 Å². The second-order valence-corrected chi connectivity index (χ2v) is 5.11. The molecule has 104 valence electrons. The van der Waals surface area contributed by atoms with Crippen molar-refractivity contribution in [3.8, 4) is 0 Å². The summed E-state index contributed by atoms with van der Waals surface area (Å²) in [4.78, 5) is 24.5. The average Bonchev–Trinajstić information content (AvgIpc) is 2.37. The highest BCUT2D eigenvalue weighted by atomic mass is 79.9. The number of primary amides is 1. The van der Waals surface area contributed by atoms with Crippen LogP contribution in [0.3, 0.4) is 0 Å². The number of amides is 2. The summed E-state index contributed by atoms with van der Waals surface area (Å²) in [7, 11) is 1.78. The Morgan fingerprint density at radius 2 is 1.95 bits per heavy atom. The molecule has 0 heterocycles. The zero-order valence-corrected chi connectivity index (χ0v) is 12.4. The number of hydrogen-bond donors (Lipinski definition) is 2. The minimum Gasteiger partial charge on any atom is -0.368 e. The van der Waals surface area contributed by atoms with Crippen molar-refractivity contribution in [1.82, 2.24) is 10.2 Å². The van der Waals surface area contributed by atoms with Crippen LogP contribution >= 0.6 is 15.9 Å². The number of hydrogen-bond acceptors (Lipinski definition) is 3. The zero-order chi connectivity index (χ0) is 14.3. The SMILES string of the molecule is CNCCC(=O)N(CC(N)=O)Cc1ccc(Br)cc1. The van der Waals surface area contributed by atoms with Crippen LogP contribution in [0.15, 0.2) is 28.7 Å². The Morgan fingerprint density at radius 3 is 2.47 bits per heavy atom. The molecule has 0 aromatic heterocycles. The standard InChI is InChI=1S/C13H18BrN3O2/c1-16-7-6-13(19)17(9-12(15)18)8-10-2-4-11(14)5-3-10/h2-5,16H,6-9H2,1H3,(H2,15,18). The maximum Gasteiger partial charge on any atom is 0.237 e. The van der Waals surface area contributed by atoms with E-state index in [1.54, 1.807) is 7.05 Å². The number of nitrogens with one attached hydrogen (secondary N) is 1. The first-order chi connectivity index (χ1) is 9.02. The van der Waals surface area contributed by atoms with E-state index in [0.29, 0.717) is 19.5 Å². The number of nitrogens with two attached hydrogens (primary N) is 1. The summed E-state index contributed by atoms with van der Waals surface area (Å²) in [6, 6.07) is 7.61. The first kappa shape index (κ1) is 15.7. The highest BCUT2D eigenvalue weighted by Crippen LogP contribution is 2.12. The Hall–Kier alpha value is -1.40. The summed E-state index contributed by atoms with van der Waals surface area (Å²) < 4.78 is 0.971. The van der Waals surface area contributed by atoms with Crippen LogP contribution in [0.5, 0.6) is 0 Å². The summed E-state index contributed by atoms with van der Waals surface area (Å²) in [6.07, 6.45) is 0.348. The van der Waals surface area contributed by atoms with Crippen molar-refractivity contribution in [3.63, 3.8) is 0 Å². The van der Waals surface area contributed by atoms with E-state index in [1.165, 1.54) is 4.90 Å². The van der Waals surface area contributed by atoms with Gasteiger partial charge in [-0.2, -0.15) is 0 Å². The molecule has 19 heavy (non-hydrogen) atoms. The maximum atomic E-state index is 12.0. The van der Waals surface area contributed by atoms with Crippen LogP contribution in [0.1, 0.15) is 12.0 Å². The summed E-state index contributed by atoms with van der Waals surface area (Å²) in [6.45, 7) is 0.909. The Balaban J connectivity index is 2.70. The van der Waals surface area contributed by atoms with Crippen LogP contribution in [0, 0.1) is 0 Å². The van der Waals surface area contributed by atoms with E-state index in [2.05, 4.69) is 21.2 Å². The molecule has 1 rings (SSSR count). The first-order valence-corrected chi connectivity index (χ1v) is 6.77. The number of carbonyl (C=O) groups excluding carboxylic acids is 2. The van der Waals surface area contributed by atoms with E-state index < -0.39 is 5.91 Å². The lowest BCUT2D eigenvalue weighted by molar-refractivity contribution is -0.135. The third-order valence-corrected chi connectivity index (χ3v) is 3.10. The van der Waals surface area contributed by atoms with E-state index in [0.717, 1.165) is 10.0 Å². The van der Waals surface area contributed by atoms with Gasteiger partial charge in [-0.3, -0.25) is 9.59 Å². The minimum atomic E-state index is -0.505. The van der Waals surface area contributed by atoms with E-state index in [9.17, 15) is 9.59 Å². The molecule has 0 saturated heterocycles. The third kappa shape index (κ3) is 5.85. The summed E-state index contributed by atoms with van der Waals surface area (Å²) in [5.41, 5.74) is 6.14. The third-order valence-electron chi connectivity index (χ3n) is 2.57. The zero-order valence-electron chi connectivity index (χ0n) is 10.9. The maximum absolute atomic E-state index is 12.0. The van der Waals surface area contributed by atoms with Gasteiger partial charge in [-0.05, 0) is 24.7 Å². The van der Waals surface area contributed by atoms with E-state index in [4.69, 9.17) is 5.73 Å². The number of nitrogens with zero attached hydrogens (tertiary/aromatic N) is 1. The van der Waals surface area contributed by atoms with Gasteiger partial charge >= 0.3 is 0 Å². The molecule has 0 atom stereocenters. The van der Waals surface area contributed by atoms with Crippen molar-refractivity contribution >= 4 is 27.7 Å². The van der Waals surface area contributed by atoms with Crippen molar-refractivity contribution < 1.29 is 9.59 Å². The van der Waals surface area contributed by atoms with Crippen LogP contribution in [0.4, 0.5) is 0 Å². The average molecular weight is 328 g/mol. The molecule has 1 aromatic rings. The summed E-state index contributed by atoms with van der Waals surface area (Å²) in [5.74, 6) is -0.592. The van der Waals surface area contributed by atoms with Gasteiger partial charge in [-0.25, -0.2) is 0 Å². The quantitative estimate of drug-likeness (QED) is 0.780. The van der Waals surface area contributed by atoms with Gasteiger partial charge in [0, 0.05) is 24.0 Å². The van der Waals surface area contributed by atoms with Crippen molar-refractivity contribution in [2.24, 2.45) is 5.73 Å². The fourth-order valence-electron chi connectivity index (χ4n) is 1.62. The molecule has 0 fully saturated rings. The molecule has 0 saturated carbocycles. The number of benzene rings is 1. The second kappa shape index (κ2) is 7.91. The van der Waals surface area contributed by atoms with Crippen molar-refractivity contribution in [2.45, 2.75) is 13.0 Å². The Bertz CT molecular complexity index is 434. The molecule has 0 radical (unpaired) electrons. The van der Waals surface area contributed by atoms with E-state index in [-0.39, 0.29) is 12.5 Å². The van der Waals surface area contributed by atoms with E-state index in [1.807, 2.05) is 24.3 Å². The monoisotopic (exact) mass is 327 g/mol. The molecule has 1 aromatic carbocycles. The van der Waals surface area contributed by atoms with Gasteiger partial charge in [-0.15, -0.1) is 0 Å². The number of rotatable bonds is 7. The van der Waals surface area contributed by atoms with Gasteiger partial charge in [0.2, 0.25) is 11.8 Å². The summed E-state index contributed by atoms with van der Waals surface area (Å²) in [5, 5.41) is 2.91. The fourth-order valence-corrected chi connectivity index (χ4v) is 1.88. The molecule has 6 heteroatoms. The lowest BCUT2D eigenvalue weighted by Crippen LogP contribution is -2.38. The van der Waals surface area contributed by atoms with Gasteiger partial charge in [0.1, 0.15) is 0 Å². The van der Waals surface area contributed by atoms with Crippen LogP contribution in [0.2, 0.25) is 0 Å². The van der Waals surface area contributed by atoms with E-state index >= 15 is 0 Å². The van der Waals surface area contributed by atoms with Gasteiger partial charge < -0.3 is 16.0 Å². The topological polar surface area (TPSA) is 75.4 Å². The first-order valence-electron chi connectivity index (χ1n) is 5.98. The largest absolute Gasteiger partial charge is 0.368 e. The van der Waals surface area contributed by atoms with Crippen LogP contribution < -0.4 is 11.1 Å². The Kier molecular flexibility index (Phi) is 6.52. The molecule has 0 aliphatic heterocycles. The number of halogens is 1. The molecule has 2 amide bonds. The molecule has 0 bridgehead atoms. The molecular weight excluding hydrogens is 310 g/mol. The number of carbonyl (C=O) groups is 2. The molecular formula is C13H18BrN3O2. The molecule has 0 aliphatic rings. The van der Waals surface area contributed by atoms with Gasteiger partial charge in [0.25, 0.3) is 0 Å². The molecule has 0 aliphatic carbocycles. The lowest BCUT2D eigenvalue weighted by Gasteiger charge is -2.21. The van der Waals surface area contributed by atoms with Crippen LogP contribution in [-0.4, -0.2) is 36.9 Å². The van der Waals surface area contributed by atoms with Crippen molar-refractivity contribution in [1.29, 1.82) is 0 Å². The van der Waals surface area contributed by atoms with Gasteiger partial charge in [-0.1, -0.05) is 28.1 Å². The highest BCUT2D eigenvalue weighted by Gasteiger charge is 2.15. The smallest absolute Gasteiger partial charge is 0.237 e.